The molecule has 0 saturated carbocycles. The Morgan fingerprint density at radius 2 is 2.12 bits per heavy atom. The first kappa shape index (κ1) is 13.3. The molecule has 0 spiro atoms. The predicted molar refractivity (Wildman–Crippen MR) is 64.9 cm³/mol. The first-order valence-electron chi connectivity index (χ1n) is 5.50. The van der Waals surface area contributed by atoms with Gasteiger partial charge in [0.15, 0.2) is 0 Å². The topological polar surface area (TPSA) is 81.6 Å². The van der Waals surface area contributed by atoms with Crippen molar-refractivity contribution in [1.29, 1.82) is 0 Å². The normalized spacial score (nSPS) is 12.1. The number of amides is 1. The molecule has 4 N–H and O–H groups in total. The fourth-order valence-electron chi connectivity index (χ4n) is 1.54. The Bertz CT molecular complexity index is 393. The van der Waals surface area contributed by atoms with Gasteiger partial charge < -0.3 is 20.8 Å². The second kappa shape index (κ2) is 6.10. The van der Waals surface area contributed by atoms with Crippen LogP contribution in [0.3, 0.4) is 0 Å². The molecule has 0 heterocycles. The van der Waals surface area contributed by atoms with Crippen LogP contribution in [0, 0.1) is 0 Å². The third-order valence-electron chi connectivity index (χ3n) is 2.56. The van der Waals surface area contributed by atoms with Crippen molar-refractivity contribution in [2.75, 3.05) is 13.6 Å². The summed E-state index contributed by atoms with van der Waals surface area (Å²) in [5.74, 6) is 0.0494. The van der Waals surface area contributed by atoms with Gasteiger partial charge >= 0.3 is 0 Å². The van der Waals surface area contributed by atoms with Crippen molar-refractivity contribution in [1.82, 2.24) is 10.6 Å². The van der Waals surface area contributed by atoms with Crippen molar-refractivity contribution in [3.63, 3.8) is 0 Å². The van der Waals surface area contributed by atoms with Crippen LogP contribution in [0.4, 0.5) is 0 Å². The summed E-state index contributed by atoms with van der Waals surface area (Å²) in [6.07, 6.45) is 0.389. The number of hydrogen-bond donors (Lipinski definition) is 4. The smallest absolute Gasteiger partial charge is 0.221 e. The fourth-order valence-corrected chi connectivity index (χ4v) is 1.54. The van der Waals surface area contributed by atoms with Crippen molar-refractivity contribution in [3.8, 4) is 11.5 Å². The highest BCUT2D eigenvalue weighted by Gasteiger charge is 2.10. The highest BCUT2D eigenvalue weighted by Crippen LogP contribution is 2.27. The average Bonchev–Trinajstić information content (AvgIpc) is 2.28. The molecule has 1 rings (SSSR count). The first-order chi connectivity index (χ1) is 8.04. The second-order valence-electron chi connectivity index (χ2n) is 3.84. The summed E-state index contributed by atoms with van der Waals surface area (Å²) < 4.78 is 0. The lowest BCUT2D eigenvalue weighted by atomic mass is 10.1. The molecule has 0 aromatic heterocycles. The zero-order valence-electron chi connectivity index (χ0n) is 10.0. The number of carbonyl (C=O) groups is 1. The van der Waals surface area contributed by atoms with Gasteiger partial charge in [-0.1, -0.05) is 6.07 Å². The fraction of sp³-hybridized carbons (Fsp3) is 0.417. The van der Waals surface area contributed by atoms with E-state index in [1.165, 1.54) is 12.1 Å². The monoisotopic (exact) mass is 238 g/mol. The van der Waals surface area contributed by atoms with Gasteiger partial charge in [-0.2, -0.15) is 0 Å². The van der Waals surface area contributed by atoms with Crippen LogP contribution < -0.4 is 10.6 Å². The van der Waals surface area contributed by atoms with E-state index in [0.717, 1.165) is 0 Å². The van der Waals surface area contributed by atoms with Crippen LogP contribution in [0.1, 0.15) is 24.9 Å². The van der Waals surface area contributed by atoms with Gasteiger partial charge in [0.2, 0.25) is 5.91 Å². The quantitative estimate of drug-likeness (QED) is 0.614. The third kappa shape index (κ3) is 3.96. The summed E-state index contributed by atoms with van der Waals surface area (Å²) in [5, 5.41) is 24.5. The van der Waals surface area contributed by atoms with Gasteiger partial charge in [-0.3, -0.25) is 4.79 Å². The number of phenolic OH excluding ortho intramolecular Hbond substituents is 2. The van der Waals surface area contributed by atoms with Crippen LogP contribution >= 0.6 is 0 Å². The number of hydrogen-bond acceptors (Lipinski definition) is 4. The van der Waals surface area contributed by atoms with Gasteiger partial charge in [0.25, 0.3) is 0 Å². The molecule has 1 unspecified atom stereocenters. The largest absolute Gasteiger partial charge is 0.508 e. The van der Waals surface area contributed by atoms with Crippen molar-refractivity contribution < 1.29 is 15.0 Å². The van der Waals surface area contributed by atoms with E-state index in [2.05, 4.69) is 10.6 Å². The molecule has 1 aromatic rings. The Morgan fingerprint density at radius 3 is 2.71 bits per heavy atom. The SMILES string of the molecule is CNC(=O)CCNC(C)c1ccc(O)cc1O. The maximum atomic E-state index is 11.0. The molecule has 17 heavy (non-hydrogen) atoms. The van der Waals surface area contributed by atoms with E-state index in [4.69, 9.17) is 5.11 Å². The number of nitrogens with one attached hydrogen (secondary N) is 2. The van der Waals surface area contributed by atoms with Crippen molar-refractivity contribution in [2.45, 2.75) is 19.4 Å². The molecule has 0 aliphatic carbocycles. The Balaban J connectivity index is 2.52. The molecule has 5 heteroatoms. The average molecular weight is 238 g/mol. The highest BCUT2D eigenvalue weighted by molar-refractivity contribution is 5.75. The number of benzene rings is 1. The standard InChI is InChI=1S/C12H18N2O3/c1-8(14-6-5-12(17)13-2)10-4-3-9(15)7-11(10)16/h3-4,7-8,14-16H,5-6H2,1-2H3,(H,13,17). The molecule has 94 valence electrons. The zero-order chi connectivity index (χ0) is 12.8. The lowest BCUT2D eigenvalue weighted by molar-refractivity contribution is -0.120. The molecular formula is C12H18N2O3. The number of phenols is 2. The van der Waals surface area contributed by atoms with Gasteiger partial charge in [0.1, 0.15) is 11.5 Å². The molecular weight excluding hydrogens is 220 g/mol. The lowest BCUT2D eigenvalue weighted by Gasteiger charge is -2.15. The van der Waals surface area contributed by atoms with Crippen molar-refractivity contribution in [3.05, 3.63) is 23.8 Å². The predicted octanol–water partition coefficient (Wildman–Crippen LogP) is 0.884. The maximum absolute atomic E-state index is 11.0. The lowest BCUT2D eigenvalue weighted by Crippen LogP contribution is -2.26. The van der Waals surface area contributed by atoms with Crippen LogP contribution in [0.25, 0.3) is 0 Å². The molecule has 0 bridgehead atoms. The van der Waals surface area contributed by atoms with E-state index in [0.29, 0.717) is 18.5 Å². The van der Waals surface area contributed by atoms with Gasteiger partial charge in [0.05, 0.1) is 0 Å². The van der Waals surface area contributed by atoms with Crippen LogP contribution in [0.2, 0.25) is 0 Å². The minimum atomic E-state index is -0.0831. The van der Waals surface area contributed by atoms with Crippen LogP contribution in [-0.2, 0) is 4.79 Å². The summed E-state index contributed by atoms with van der Waals surface area (Å²) in [7, 11) is 1.59. The van der Waals surface area contributed by atoms with Crippen LogP contribution in [0.15, 0.2) is 18.2 Å². The summed E-state index contributed by atoms with van der Waals surface area (Å²) in [6.45, 7) is 2.41. The molecule has 0 saturated heterocycles. The summed E-state index contributed by atoms with van der Waals surface area (Å²) in [5.41, 5.74) is 0.694. The van der Waals surface area contributed by atoms with E-state index in [9.17, 15) is 9.90 Å². The Hall–Kier alpha value is -1.75. The molecule has 1 atom stereocenters. The van der Waals surface area contributed by atoms with Gasteiger partial charge in [-0.15, -0.1) is 0 Å². The maximum Gasteiger partial charge on any atom is 0.221 e. The first-order valence-corrected chi connectivity index (χ1v) is 5.50. The summed E-state index contributed by atoms with van der Waals surface area (Å²) >= 11 is 0. The summed E-state index contributed by atoms with van der Waals surface area (Å²) in [4.78, 5) is 11.0. The molecule has 0 radical (unpaired) electrons. The molecule has 0 aliphatic rings. The molecule has 1 amide bonds. The van der Waals surface area contributed by atoms with E-state index in [-0.39, 0.29) is 23.4 Å². The highest BCUT2D eigenvalue weighted by atomic mass is 16.3. The number of aromatic hydroxyl groups is 2. The Kier molecular flexibility index (Phi) is 4.78. The minimum Gasteiger partial charge on any atom is -0.508 e. The third-order valence-corrected chi connectivity index (χ3v) is 2.56. The number of carbonyl (C=O) groups excluding carboxylic acids is 1. The molecule has 0 fully saturated rings. The van der Waals surface area contributed by atoms with Crippen molar-refractivity contribution >= 4 is 5.91 Å². The minimum absolute atomic E-state index is 0.0281. The zero-order valence-corrected chi connectivity index (χ0v) is 10.0. The number of rotatable bonds is 5. The Morgan fingerprint density at radius 1 is 1.41 bits per heavy atom. The Labute approximate surface area is 100 Å². The van der Waals surface area contributed by atoms with Gasteiger partial charge in [-0.05, 0) is 13.0 Å². The van der Waals surface area contributed by atoms with E-state index < -0.39 is 0 Å². The van der Waals surface area contributed by atoms with E-state index >= 15 is 0 Å². The molecule has 0 aliphatic heterocycles. The van der Waals surface area contributed by atoms with Crippen molar-refractivity contribution in [2.24, 2.45) is 0 Å². The van der Waals surface area contributed by atoms with E-state index in [1.54, 1.807) is 13.1 Å². The van der Waals surface area contributed by atoms with Crippen LogP contribution in [-0.4, -0.2) is 29.7 Å². The van der Waals surface area contributed by atoms with E-state index in [1.807, 2.05) is 6.92 Å². The van der Waals surface area contributed by atoms with Gasteiger partial charge in [0, 0.05) is 37.7 Å². The van der Waals surface area contributed by atoms with Crippen LogP contribution in [0.5, 0.6) is 11.5 Å². The van der Waals surface area contributed by atoms with Gasteiger partial charge in [-0.25, -0.2) is 0 Å². The molecule has 1 aromatic carbocycles. The summed E-state index contributed by atoms with van der Waals surface area (Å²) in [6, 6.07) is 4.39. The second-order valence-corrected chi connectivity index (χ2v) is 3.84. The molecule has 5 nitrogen and oxygen atoms in total.